The number of hydrogen-bond donors (Lipinski definition) is 2. The van der Waals surface area contributed by atoms with Crippen molar-refractivity contribution in [3.63, 3.8) is 0 Å². The fraction of sp³-hybridized carbons (Fsp3) is 0.278. The van der Waals surface area contributed by atoms with E-state index in [1.165, 1.54) is 33.6 Å². The van der Waals surface area contributed by atoms with Crippen molar-refractivity contribution in [2.75, 3.05) is 26.5 Å². The first-order valence-electron chi connectivity index (χ1n) is 8.52. The Morgan fingerprint density at radius 2 is 1.70 bits per heavy atom. The summed E-state index contributed by atoms with van der Waals surface area (Å²) in [5, 5.41) is 2.89. The van der Waals surface area contributed by atoms with Gasteiger partial charge in [-0.2, -0.15) is 17.4 Å². The molecule has 2 aromatic rings. The quantitative estimate of drug-likeness (QED) is 0.565. The highest BCUT2D eigenvalue weighted by molar-refractivity contribution is 7.87. The summed E-state index contributed by atoms with van der Waals surface area (Å²) < 4.78 is 32.0. The second-order valence-corrected chi connectivity index (χ2v) is 9.04. The summed E-state index contributed by atoms with van der Waals surface area (Å²) in [6.45, 7) is 0. The lowest BCUT2D eigenvalue weighted by Crippen LogP contribution is -2.47. The molecule has 0 aliphatic heterocycles. The molecule has 1 atom stereocenters. The Bertz CT molecular complexity index is 1010. The van der Waals surface area contributed by atoms with Crippen LogP contribution in [-0.4, -0.2) is 56.8 Å². The van der Waals surface area contributed by atoms with Gasteiger partial charge in [-0.3, -0.25) is 14.6 Å². The van der Waals surface area contributed by atoms with Crippen molar-refractivity contribution in [1.29, 1.82) is 0 Å². The number of hydrogen-bond acceptors (Lipinski definition) is 6. The maximum absolute atomic E-state index is 12.4. The second-order valence-electron chi connectivity index (χ2n) is 6.31. The number of esters is 1. The largest absolute Gasteiger partial charge is 0.468 e. The van der Waals surface area contributed by atoms with Crippen molar-refractivity contribution in [2.45, 2.75) is 12.5 Å². The summed E-state index contributed by atoms with van der Waals surface area (Å²) >= 11 is 12.0. The van der Waals surface area contributed by atoms with E-state index in [0.29, 0.717) is 11.3 Å². The third-order valence-electron chi connectivity index (χ3n) is 3.99. The molecule has 1 unspecified atom stereocenters. The Labute approximate surface area is 184 Å². The van der Waals surface area contributed by atoms with Gasteiger partial charge >= 0.3 is 5.97 Å². The third-order valence-corrected chi connectivity index (χ3v) is 6.11. The molecule has 0 bridgehead atoms. The number of pyridine rings is 1. The molecule has 0 saturated heterocycles. The summed E-state index contributed by atoms with van der Waals surface area (Å²) in [7, 11) is 0.0192. The van der Waals surface area contributed by atoms with Gasteiger partial charge in [-0.25, -0.2) is 0 Å². The van der Waals surface area contributed by atoms with E-state index < -0.39 is 28.1 Å². The van der Waals surface area contributed by atoms with Crippen LogP contribution in [0.25, 0.3) is 0 Å². The highest BCUT2D eigenvalue weighted by Gasteiger charge is 2.27. The zero-order chi connectivity index (χ0) is 22.5. The molecule has 162 valence electrons. The molecule has 0 aliphatic rings. The van der Waals surface area contributed by atoms with Crippen LogP contribution in [-0.2, 0) is 26.2 Å². The normalized spacial score (nSPS) is 12.5. The monoisotopic (exact) mass is 474 g/mol. The van der Waals surface area contributed by atoms with E-state index in [4.69, 9.17) is 23.2 Å². The van der Waals surface area contributed by atoms with Gasteiger partial charge in [0.25, 0.3) is 16.1 Å². The number of nitrogens with zero attached hydrogens (tertiary/aromatic N) is 2. The molecule has 1 aromatic heterocycles. The second kappa shape index (κ2) is 10.2. The third kappa shape index (κ3) is 6.13. The van der Waals surface area contributed by atoms with Crippen molar-refractivity contribution in [3.05, 3.63) is 57.8 Å². The lowest BCUT2D eigenvalue weighted by Gasteiger charge is -2.19. The molecule has 0 radical (unpaired) electrons. The molecule has 0 spiro atoms. The number of halogens is 2. The zero-order valence-electron chi connectivity index (χ0n) is 16.3. The highest BCUT2D eigenvalue weighted by atomic mass is 35.5. The Morgan fingerprint density at radius 1 is 1.13 bits per heavy atom. The van der Waals surface area contributed by atoms with Crippen LogP contribution in [0.5, 0.6) is 0 Å². The predicted molar refractivity (Wildman–Crippen MR) is 114 cm³/mol. The van der Waals surface area contributed by atoms with Crippen LogP contribution in [0.4, 0.5) is 5.69 Å². The van der Waals surface area contributed by atoms with Crippen LogP contribution in [0.1, 0.15) is 15.9 Å². The molecule has 2 rings (SSSR count). The smallest absolute Gasteiger partial charge is 0.324 e. The lowest BCUT2D eigenvalue weighted by atomic mass is 10.1. The minimum Gasteiger partial charge on any atom is -0.468 e. The first-order valence-corrected chi connectivity index (χ1v) is 10.7. The number of nitrogens with one attached hydrogen (secondary N) is 2. The number of benzene rings is 1. The summed E-state index contributed by atoms with van der Waals surface area (Å²) in [4.78, 5) is 28.2. The summed E-state index contributed by atoms with van der Waals surface area (Å²) in [5.74, 6) is -1.23. The Morgan fingerprint density at radius 3 is 2.20 bits per heavy atom. The van der Waals surface area contributed by atoms with Gasteiger partial charge in [0.2, 0.25) is 0 Å². The number of ether oxygens (including phenoxy) is 1. The molecule has 0 aliphatic carbocycles. The number of anilines is 1. The average Bonchev–Trinajstić information content (AvgIpc) is 2.68. The van der Waals surface area contributed by atoms with Gasteiger partial charge in [-0.1, -0.05) is 35.3 Å². The van der Waals surface area contributed by atoms with E-state index in [1.807, 2.05) is 0 Å². The minimum absolute atomic E-state index is 0.0516. The van der Waals surface area contributed by atoms with Crippen LogP contribution in [0.3, 0.4) is 0 Å². The lowest BCUT2D eigenvalue weighted by molar-refractivity contribution is -0.142. The van der Waals surface area contributed by atoms with Gasteiger partial charge in [0.15, 0.2) is 0 Å². The Balaban J connectivity index is 2.13. The summed E-state index contributed by atoms with van der Waals surface area (Å²) in [6.07, 6.45) is 2.68. The molecule has 30 heavy (non-hydrogen) atoms. The van der Waals surface area contributed by atoms with E-state index in [1.54, 1.807) is 24.3 Å². The number of amides is 1. The maximum atomic E-state index is 12.4. The van der Waals surface area contributed by atoms with Crippen LogP contribution in [0.2, 0.25) is 10.0 Å². The van der Waals surface area contributed by atoms with Gasteiger partial charge in [0.05, 0.1) is 22.7 Å². The van der Waals surface area contributed by atoms with Crippen molar-refractivity contribution in [3.8, 4) is 0 Å². The molecule has 2 N–H and O–H groups in total. The van der Waals surface area contributed by atoms with Crippen LogP contribution in [0.15, 0.2) is 36.7 Å². The van der Waals surface area contributed by atoms with E-state index in [-0.39, 0.29) is 22.0 Å². The number of methoxy groups -OCH3 is 1. The van der Waals surface area contributed by atoms with Crippen LogP contribution < -0.4 is 10.0 Å². The fourth-order valence-electron chi connectivity index (χ4n) is 2.38. The van der Waals surface area contributed by atoms with Gasteiger partial charge in [-0.05, 0) is 24.1 Å². The van der Waals surface area contributed by atoms with Gasteiger partial charge < -0.3 is 10.1 Å². The molecule has 9 nitrogen and oxygen atoms in total. The zero-order valence-corrected chi connectivity index (χ0v) is 18.7. The van der Waals surface area contributed by atoms with Crippen molar-refractivity contribution in [1.82, 2.24) is 14.0 Å². The standard InChI is InChI=1S/C18H20Cl2N4O5S/c1-24(2)30(27,28)23-15(18(26)29-3)8-11-4-6-12(7-5-11)22-17(25)16-13(19)9-21-10-14(16)20/h4-7,9-10,15,23H,8H2,1-3H3,(H,22,25). The summed E-state index contributed by atoms with van der Waals surface area (Å²) in [5.41, 5.74) is 1.20. The Hall–Kier alpha value is -2.24. The first kappa shape index (κ1) is 24.0. The van der Waals surface area contributed by atoms with Gasteiger partial charge in [0.1, 0.15) is 6.04 Å². The SMILES string of the molecule is COC(=O)C(Cc1ccc(NC(=O)c2c(Cl)cncc2Cl)cc1)NS(=O)(=O)N(C)C. The van der Waals surface area contributed by atoms with Gasteiger partial charge in [-0.15, -0.1) is 0 Å². The molecular formula is C18H20Cl2N4O5S. The molecular weight excluding hydrogens is 455 g/mol. The molecule has 0 saturated carbocycles. The molecule has 1 amide bonds. The van der Waals surface area contributed by atoms with Gasteiger partial charge in [0, 0.05) is 32.2 Å². The van der Waals surface area contributed by atoms with Crippen molar-refractivity contribution >= 4 is 51.0 Å². The van der Waals surface area contributed by atoms with Crippen molar-refractivity contribution in [2.24, 2.45) is 0 Å². The number of carbonyl (C=O) groups is 2. The van der Waals surface area contributed by atoms with E-state index >= 15 is 0 Å². The number of carbonyl (C=O) groups excluding carboxylic acids is 2. The molecule has 0 fully saturated rings. The fourth-order valence-corrected chi connectivity index (χ4v) is 3.67. The van der Waals surface area contributed by atoms with Crippen molar-refractivity contribution < 1.29 is 22.7 Å². The van der Waals surface area contributed by atoms with E-state index in [2.05, 4.69) is 19.8 Å². The van der Waals surface area contributed by atoms with E-state index in [0.717, 1.165) is 4.31 Å². The first-order chi connectivity index (χ1) is 14.0. The minimum atomic E-state index is -3.84. The molecule has 12 heteroatoms. The molecule has 1 aromatic carbocycles. The van der Waals surface area contributed by atoms with Crippen LogP contribution >= 0.6 is 23.2 Å². The van der Waals surface area contributed by atoms with E-state index in [9.17, 15) is 18.0 Å². The van der Waals surface area contributed by atoms with Crippen LogP contribution in [0, 0.1) is 0 Å². The number of aromatic nitrogens is 1. The predicted octanol–water partition coefficient (Wildman–Crippen LogP) is 2.12. The highest BCUT2D eigenvalue weighted by Crippen LogP contribution is 2.24. The average molecular weight is 475 g/mol. The summed E-state index contributed by atoms with van der Waals surface area (Å²) in [6, 6.07) is 5.38. The number of rotatable bonds is 8. The Kier molecular flexibility index (Phi) is 8.16. The topological polar surface area (TPSA) is 118 Å². The maximum Gasteiger partial charge on any atom is 0.324 e. The molecule has 1 heterocycles.